The van der Waals surface area contributed by atoms with E-state index >= 15 is 0 Å². The maximum atomic E-state index is 11.1. The summed E-state index contributed by atoms with van der Waals surface area (Å²) in [6, 6.07) is 0. The number of aliphatic carboxylic acids is 2. The third-order valence-electron chi connectivity index (χ3n) is 3.90. The van der Waals surface area contributed by atoms with Gasteiger partial charge in [0.2, 0.25) is 0 Å². The number of rotatable bonds is 4. The molecule has 1 saturated carbocycles. The summed E-state index contributed by atoms with van der Waals surface area (Å²) >= 11 is 0. The van der Waals surface area contributed by atoms with E-state index in [1.165, 1.54) is 5.57 Å². The van der Waals surface area contributed by atoms with E-state index in [4.69, 9.17) is 10.2 Å². The molecule has 4 heteroatoms. The summed E-state index contributed by atoms with van der Waals surface area (Å²) in [7, 11) is 0. The van der Waals surface area contributed by atoms with Gasteiger partial charge < -0.3 is 10.2 Å². The lowest BCUT2D eigenvalue weighted by Crippen LogP contribution is -2.19. The third kappa shape index (κ3) is 2.12. The van der Waals surface area contributed by atoms with Gasteiger partial charge in [-0.25, -0.2) is 9.59 Å². The summed E-state index contributed by atoms with van der Waals surface area (Å²) < 4.78 is 0. The van der Waals surface area contributed by atoms with Gasteiger partial charge in [-0.1, -0.05) is 18.6 Å². The van der Waals surface area contributed by atoms with Crippen molar-refractivity contribution in [3.63, 3.8) is 0 Å². The van der Waals surface area contributed by atoms with Crippen molar-refractivity contribution in [1.82, 2.24) is 0 Å². The van der Waals surface area contributed by atoms with Crippen LogP contribution < -0.4 is 0 Å². The van der Waals surface area contributed by atoms with Crippen LogP contribution >= 0.6 is 0 Å². The first-order chi connectivity index (χ1) is 8.02. The molecule has 0 aromatic carbocycles. The Balaban J connectivity index is 2.23. The first-order valence-corrected chi connectivity index (χ1v) is 5.91. The van der Waals surface area contributed by atoms with Crippen LogP contribution in [-0.4, -0.2) is 22.2 Å². The van der Waals surface area contributed by atoms with Gasteiger partial charge in [0.05, 0.1) is 0 Å². The Kier molecular flexibility index (Phi) is 3.05. The zero-order chi connectivity index (χ0) is 12.6. The molecule has 0 aromatic heterocycles. The monoisotopic (exact) mass is 236 g/mol. The molecule has 2 N–H and O–H groups in total. The van der Waals surface area contributed by atoms with E-state index in [1.54, 1.807) is 0 Å². The van der Waals surface area contributed by atoms with Gasteiger partial charge in [-0.05, 0) is 37.0 Å². The quantitative estimate of drug-likeness (QED) is 0.579. The van der Waals surface area contributed by atoms with Gasteiger partial charge in [0, 0.05) is 11.6 Å². The van der Waals surface area contributed by atoms with Gasteiger partial charge in [0.1, 0.15) is 0 Å². The summed E-state index contributed by atoms with van der Waals surface area (Å²) in [4.78, 5) is 21.7. The highest BCUT2D eigenvalue weighted by atomic mass is 16.4. The van der Waals surface area contributed by atoms with E-state index in [2.05, 4.69) is 13.0 Å². The molecule has 0 amide bonds. The normalized spacial score (nSPS) is 31.5. The number of carboxylic acids is 2. The van der Waals surface area contributed by atoms with Gasteiger partial charge in [0.25, 0.3) is 0 Å². The molecule has 4 nitrogen and oxygen atoms in total. The number of allylic oxidation sites excluding steroid dienone is 2. The third-order valence-corrected chi connectivity index (χ3v) is 3.90. The van der Waals surface area contributed by atoms with Crippen LogP contribution in [0.4, 0.5) is 0 Å². The number of hydrogen-bond acceptors (Lipinski definition) is 2. The summed E-state index contributed by atoms with van der Waals surface area (Å²) in [5.41, 5.74) is 1.46. The molecule has 92 valence electrons. The van der Waals surface area contributed by atoms with Crippen LogP contribution in [0.1, 0.15) is 26.2 Å². The number of carboxylic acid groups (broad SMARTS) is 2. The fourth-order valence-electron chi connectivity index (χ4n) is 3.19. The minimum atomic E-state index is -1.18. The molecule has 2 bridgehead atoms. The van der Waals surface area contributed by atoms with Crippen molar-refractivity contribution in [3.05, 3.63) is 23.3 Å². The maximum absolute atomic E-state index is 11.1. The standard InChI is InChI=1S/C13H16O4/c1-2-7-3-9-4-8(7)5-10(9)11(13(16)17)6-12(14)15/h3,6,8-10H,2,4-5H2,1H3,(H,14,15)(H,16,17). The molecular formula is C13H16O4. The van der Waals surface area contributed by atoms with Crippen LogP contribution in [0.3, 0.4) is 0 Å². The van der Waals surface area contributed by atoms with Crippen LogP contribution in [0.15, 0.2) is 23.3 Å². The summed E-state index contributed by atoms with van der Waals surface area (Å²) in [6.45, 7) is 2.10. The molecule has 2 aliphatic rings. The molecule has 2 rings (SSSR count). The fraction of sp³-hybridized carbons (Fsp3) is 0.538. The molecule has 1 fully saturated rings. The molecule has 0 heterocycles. The van der Waals surface area contributed by atoms with E-state index in [-0.39, 0.29) is 17.4 Å². The average molecular weight is 236 g/mol. The minimum Gasteiger partial charge on any atom is -0.478 e. The molecule has 0 aromatic rings. The van der Waals surface area contributed by atoms with Gasteiger partial charge in [-0.3, -0.25) is 0 Å². The van der Waals surface area contributed by atoms with E-state index < -0.39 is 11.9 Å². The van der Waals surface area contributed by atoms with Gasteiger partial charge in [-0.15, -0.1) is 0 Å². The van der Waals surface area contributed by atoms with Crippen molar-refractivity contribution in [2.75, 3.05) is 0 Å². The predicted molar refractivity (Wildman–Crippen MR) is 61.4 cm³/mol. The molecule has 3 atom stereocenters. The lowest BCUT2D eigenvalue weighted by atomic mass is 9.83. The Bertz CT molecular complexity index is 419. The largest absolute Gasteiger partial charge is 0.478 e. The second-order valence-corrected chi connectivity index (χ2v) is 4.78. The van der Waals surface area contributed by atoms with Crippen molar-refractivity contribution in [3.8, 4) is 0 Å². The molecule has 3 unspecified atom stereocenters. The van der Waals surface area contributed by atoms with E-state index in [0.717, 1.165) is 25.3 Å². The van der Waals surface area contributed by atoms with Crippen molar-refractivity contribution >= 4 is 11.9 Å². The van der Waals surface area contributed by atoms with E-state index in [9.17, 15) is 9.59 Å². The van der Waals surface area contributed by atoms with Crippen LogP contribution in [0.5, 0.6) is 0 Å². The Morgan fingerprint density at radius 2 is 2.12 bits per heavy atom. The number of fused-ring (bicyclic) bond motifs is 2. The van der Waals surface area contributed by atoms with Gasteiger partial charge in [0.15, 0.2) is 0 Å². The first-order valence-electron chi connectivity index (χ1n) is 5.91. The first kappa shape index (κ1) is 11.9. The second kappa shape index (κ2) is 4.35. The van der Waals surface area contributed by atoms with Crippen molar-refractivity contribution in [1.29, 1.82) is 0 Å². The number of hydrogen-bond donors (Lipinski definition) is 2. The van der Waals surface area contributed by atoms with Crippen LogP contribution in [0, 0.1) is 17.8 Å². The summed E-state index contributed by atoms with van der Waals surface area (Å²) in [6.07, 6.45) is 5.79. The lowest BCUT2D eigenvalue weighted by Gasteiger charge is -2.21. The molecule has 0 spiro atoms. The Morgan fingerprint density at radius 3 is 2.53 bits per heavy atom. The van der Waals surface area contributed by atoms with Crippen molar-refractivity contribution < 1.29 is 19.8 Å². The van der Waals surface area contributed by atoms with E-state index in [1.807, 2.05) is 0 Å². The highest BCUT2D eigenvalue weighted by molar-refractivity contribution is 5.95. The maximum Gasteiger partial charge on any atom is 0.332 e. The Morgan fingerprint density at radius 1 is 1.41 bits per heavy atom. The topological polar surface area (TPSA) is 74.6 Å². The Labute approximate surface area is 99.6 Å². The fourth-order valence-corrected chi connectivity index (χ4v) is 3.19. The summed E-state index contributed by atoms with van der Waals surface area (Å²) in [5.74, 6) is -1.71. The minimum absolute atomic E-state index is 0.0522. The molecule has 17 heavy (non-hydrogen) atoms. The van der Waals surface area contributed by atoms with Crippen LogP contribution in [0.25, 0.3) is 0 Å². The predicted octanol–water partition coefficient (Wildman–Crippen LogP) is 2.07. The molecule has 0 aliphatic heterocycles. The van der Waals surface area contributed by atoms with E-state index in [0.29, 0.717) is 5.92 Å². The molecule has 2 aliphatic carbocycles. The lowest BCUT2D eigenvalue weighted by molar-refractivity contribution is -0.135. The average Bonchev–Trinajstić information content (AvgIpc) is 2.83. The van der Waals surface area contributed by atoms with Gasteiger partial charge >= 0.3 is 11.9 Å². The highest BCUT2D eigenvalue weighted by Gasteiger charge is 2.42. The SMILES string of the molecule is CCC1=CC2CC1CC2C(=CC(=O)O)C(=O)O. The molecule has 0 saturated heterocycles. The van der Waals surface area contributed by atoms with Crippen LogP contribution in [-0.2, 0) is 9.59 Å². The van der Waals surface area contributed by atoms with Crippen molar-refractivity contribution in [2.45, 2.75) is 26.2 Å². The number of carbonyl (C=O) groups is 2. The van der Waals surface area contributed by atoms with Gasteiger partial charge in [-0.2, -0.15) is 0 Å². The highest BCUT2D eigenvalue weighted by Crippen LogP contribution is 2.50. The van der Waals surface area contributed by atoms with Crippen molar-refractivity contribution in [2.24, 2.45) is 17.8 Å². The summed E-state index contributed by atoms with van der Waals surface area (Å²) in [5, 5.41) is 17.8. The van der Waals surface area contributed by atoms with Crippen LogP contribution in [0.2, 0.25) is 0 Å². The molecular weight excluding hydrogens is 220 g/mol. The zero-order valence-corrected chi connectivity index (χ0v) is 9.72. The Hall–Kier alpha value is -1.58. The second-order valence-electron chi connectivity index (χ2n) is 4.78. The smallest absolute Gasteiger partial charge is 0.332 e. The zero-order valence-electron chi connectivity index (χ0n) is 9.72. The molecule has 0 radical (unpaired) electrons.